The summed E-state index contributed by atoms with van der Waals surface area (Å²) < 4.78 is 5.10. The minimum atomic E-state index is -1.12. The fraction of sp³-hybridized carbons (Fsp3) is 0.412. The zero-order valence-electron chi connectivity index (χ0n) is 12.5. The molecule has 2 N–H and O–H groups in total. The summed E-state index contributed by atoms with van der Waals surface area (Å²) in [6, 6.07) is 6.31. The molecule has 0 saturated heterocycles. The van der Waals surface area contributed by atoms with Gasteiger partial charge < -0.3 is 15.2 Å². The lowest BCUT2D eigenvalue weighted by atomic mass is 9.80. The van der Waals surface area contributed by atoms with Gasteiger partial charge in [-0.25, -0.2) is 4.79 Å². The SMILES string of the molecule is C=CCOCC(NC(=O)c1ccc(C2CCC2)cc1)C(=O)O. The van der Waals surface area contributed by atoms with Gasteiger partial charge >= 0.3 is 5.97 Å². The molecular weight excluding hydrogens is 282 g/mol. The Hall–Kier alpha value is -2.14. The number of carbonyl (C=O) groups is 2. The second-order valence-corrected chi connectivity index (χ2v) is 5.44. The van der Waals surface area contributed by atoms with Gasteiger partial charge in [0.2, 0.25) is 0 Å². The first-order valence-corrected chi connectivity index (χ1v) is 7.44. The first-order chi connectivity index (χ1) is 10.6. The Bertz CT molecular complexity index is 534. The largest absolute Gasteiger partial charge is 0.480 e. The Morgan fingerprint density at radius 2 is 2.05 bits per heavy atom. The fourth-order valence-electron chi connectivity index (χ4n) is 2.33. The topological polar surface area (TPSA) is 75.6 Å². The second-order valence-electron chi connectivity index (χ2n) is 5.44. The van der Waals surface area contributed by atoms with E-state index in [9.17, 15) is 9.59 Å². The van der Waals surface area contributed by atoms with Gasteiger partial charge in [-0.1, -0.05) is 24.6 Å². The maximum Gasteiger partial charge on any atom is 0.328 e. The van der Waals surface area contributed by atoms with Crippen molar-refractivity contribution in [2.24, 2.45) is 0 Å². The van der Waals surface area contributed by atoms with Crippen molar-refractivity contribution in [2.45, 2.75) is 31.2 Å². The van der Waals surface area contributed by atoms with Crippen molar-refractivity contribution in [2.75, 3.05) is 13.2 Å². The number of amides is 1. The number of nitrogens with one attached hydrogen (secondary N) is 1. The molecule has 118 valence electrons. The highest BCUT2D eigenvalue weighted by atomic mass is 16.5. The van der Waals surface area contributed by atoms with Crippen LogP contribution in [0.5, 0.6) is 0 Å². The predicted molar refractivity (Wildman–Crippen MR) is 82.9 cm³/mol. The van der Waals surface area contributed by atoms with Gasteiger partial charge in [0.15, 0.2) is 6.04 Å². The standard InChI is InChI=1S/C17H21NO4/c1-2-10-22-11-15(17(20)21)18-16(19)14-8-6-13(7-9-14)12-4-3-5-12/h2,6-9,12,15H,1,3-5,10-11H2,(H,18,19)(H,20,21). The Kier molecular flexibility index (Phi) is 5.72. The van der Waals surface area contributed by atoms with Gasteiger partial charge in [0.25, 0.3) is 5.91 Å². The van der Waals surface area contributed by atoms with Gasteiger partial charge in [-0.05, 0) is 36.5 Å². The summed E-state index contributed by atoms with van der Waals surface area (Å²) in [5.74, 6) is -0.922. The summed E-state index contributed by atoms with van der Waals surface area (Å²) in [6.07, 6.45) is 5.19. The number of aliphatic carboxylic acids is 1. The van der Waals surface area contributed by atoms with E-state index in [-0.39, 0.29) is 13.2 Å². The van der Waals surface area contributed by atoms with Crippen molar-refractivity contribution in [3.05, 3.63) is 48.0 Å². The van der Waals surface area contributed by atoms with E-state index in [1.165, 1.54) is 30.9 Å². The summed E-state index contributed by atoms with van der Waals surface area (Å²) >= 11 is 0. The molecule has 1 fully saturated rings. The number of hydrogen-bond donors (Lipinski definition) is 2. The molecule has 5 heteroatoms. The van der Waals surface area contributed by atoms with Crippen molar-refractivity contribution >= 4 is 11.9 Å². The van der Waals surface area contributed by atoms with E-state index >= 15 is 0 Å². The average molecular weight is 303 g/mol. The zero-order chi connectivity index (χ0) is 15.9. The molecule has 0 heterocycles. The maximum absolute atomic E-state index is 12.1. The molecule has 1 aromatic rings. The maximum atomic E-state index is 12.1. The average Bonchev–Trinajstić information content (AvgIpc) is 2.45. The van der Waals surface area contributed by atoms with Crippen molar-refractivity contribution in [1.82, 2.24) is 5.32 Å². The van der Waals surface area contributed by atoms with E-state index in [2.05, 4.69) is 11.9 Å². The van der Waals surface area contributed by atoms with E-state index < -0.39 is 17.9 Å². The molecular formula is C17H21NO4. The van der Waals surface area contributed by atoms with Gasteiger partial charge in [0.1, 0.15) is 0 Å². The number of carbonyl (C=O) groups excluding carboxylic acids is 1. The highest BCUT2D eigenvalue weighted by Crippen LogP contribution is 2.36. The zero-order valence-corrected chi connectivity index (χ0v) is 12.5. The molecule has 1 atom stereocenters. The highest BCUT2D eigenvalue weighted by Gasteiger charge is 2.22. The van der Waals surface area contributed by atoms with Crippen LogP contribution in [-0.2, 0) is 9.53 Å². The summed E-state index contributed by atoms with van der Waals surface area (Å²) in [5, 5.41) is 11.6. The van der Waals surface area contributed by atoms with Crippen LogP contribution in [0.3, 0.4) is 0 Å². The highest BCUT2D eigenvalue weighted by molar-refractivity contribution is 5.96. The van der Waals surface area contributed by atoms with Crippen molar-refractivity contribution < 1.29 is 19.4 Å². The number of benzene rings is 1. The van der Waals surface area contributed by atoms with E-state index in [0.29, 0.717) is 11.5 Å². The first-order valence-electron chi connectivity index (χ1n) is 7.44. The van der Waals surface area contributed by atoms with Gasteiger partial charge in [0.05, 0.1) is 13.2 Å². The third kappa shape index (κ3) is 4.18. The van der Waals surface area contributed by atoms with E-state index in [1.807, 2.05) is 12.1 Å². The minimum Gasteiger partial charge on any atom is -0.480 e. The molecule has 0 bridgehead atoms. The molecule has 1 aromatic carbocycles. The quantitative estimate of drug-likeness (QED) is 0.571. The number of rotatable bonds is 8. The van der Waals surface area contributed by atoms with Crippen LogP contribution in [0.4, 0.5) is 0 Å². The number of hydrogen-bond acceptors (Lipinski definition) is 3. The van der Waals surface area contributed by atoms with Crippen LogP contribution in [0, 0.1) is 0 Å². The molecule has 1 amide bonds. The van der Waals surface area contributed by atoms with Crippen LogP contribution in [0.15, 0.2) is 36.9 Å². The smallest absolute Gasteiger partial charge is 0.328 e. The second kappa shape index (κ2) is 7.75. The Balaban J connectivity index is 1.93. The Morgan fingerprint density at radius 1 is 1.36 bits per heavy atom. The van der Waals surface area contributed by atoms with E-state index in [4.69, 9.17) is 9.84 Å². The predicted octanol–water partition coefficient (Wildman–Crippen LogP) is 2.34. The molecule has 1 aliphatic rings. The third-order valence-corrected chi connectivity index (χ3v) is 3.87. The van der Waals surface area contributed by atoms with Crippen molar-refractivity contribution in [1.29, 1.82) is 0 Å². The van der Waals surface area contributed by atoms with E-state index in [0.717, 1.165) is 0 Å². The van der Waals surface area contributed by atoms with Gasteiger partial charge in [-0.15, -0.1) is 6.58 Å². The number of carboxylic acids is 1. The summed E-state index contributed by atoms with van der Waals surface area (Å²) in [7, 11) is 0. The lowest BCUT2D eigenvalue weighted by Gasteiger charge is -2.25. The van der Waals surface area contributed by atoms with E-state index in [1.54, 1.807) is 12.1 Å². The van der Waals surface area contributed by atoms with Gasteiger partial charge in [-0.3, -0.25) is 4.79 Å². The normalized spacial score (nSPS) is 15.6. The molecule has 1 unspecified atom stereocenters. The van der Waals surface area contributed by atoms with Gasteiger partial charge in [-0.2, -0.15) is 0 Å². The van der Waals surface area contributed by atoms with Crippen LogP contribution in [0.2, 0.25) is 0 Å². The molecule has 1 saturated carbocycles. The molecule has 0 radical (unpaired) electrons. The molecule has 0 aliphatic heterocycles. The molecule has 5 nitrogen and oxygen atoms in total. The van der Waals surface area contributed by atoms with Crippen LogP contribution in [-0.4, -0.2) is 36.2 Å². The first kappa shape index (κ1) is 16.2. The van der Waals surface area contributed by atoms with Crippen LogP contribution in [0.1, 0.15) is 41.1 Å². The fourth-order valence-corrected chi connectivity index (χ4v) is 2.33. The lowest BCUT2D eigenvalue weighted by molar-refractivity contribution is -0.140. The van der Waals surface area contributed by atoms with Gasteiger partial charge in [0, 0.05) is 5.56 Å². The van der Waals surface area contributed by atoms with Crippen molar-refractivity contribution in [3.8, 4) is 0 Å². The minimum absolute atomic E-state index is 0.0900. The molecule has 0 spiro atoms. The monoisotopic (exact) mass is 303 g/mol. The summed E-state index contributed by atoms with van der Waals surface area (Å²) in [6.45, 7) is 3.64. The third-order valence-electron chi connectivity index (χ3n) is 3.87. The molecule has 22 heavy (non-hydrogen) atoms. The summed E-state index contributed by atoms with van der Waals surface area (Å²) in [4.78, 5) is 23.2. The molecule has 1 aliphatic carbocycles. The van der Waals surface area contributed by atoms with Crippen molar-refractivity contribution in [3.63, 3.8) is 0 Å². The Labute approximate surface area is 130 Å². The summed E-state index contributed by atoms with van der Waals surface area (Å²) in [5.41, 5.74) is 1.70. The Morgan fingerprint density at radius 3 is 2.55 bits per heavy atom. The van der Waals surface area contributed by atoms with Crippen LogP contribution >= 0.6 is 0 Å². The molecule has 2 rings (SSSR count). The van der Waals surface area contributed by atoms with Crippen LogP contribution < -0.4 is 5.32 Å². The molecule has 0 aromatic heterocycles. The lowest BCUT2D eigenvalue weighted by Crippen LogP contribution is -2.44. The number of ether oxygens (including phenoxy) is 1. The number of carboxylic acid groups (broad SMARTS) is 1. The van der Waals surface area contributed by atoms with Crippen LogP contribution in [0.25, 0.3) is 0 Å².